The average molecular weight is 293 g/mol. The van der Waals surface area contributed by atoms with Gasteiger partial charge in [0.1, 0.15) is 12.4 Å². The summed E-state index contributed by atoms with van der Waals surface area (Å²) in [4.78, 5) is 22.2. The van der Waals surface area contributed by atoms with Crippen LogP contribution in [-0.2, 0) is 20.9 Å². The zero-order chi connectivity index (χ0) is 15.5. The van der Waals surface area contributed by atoms with Crippen molar-refractivity contribution in [3.05, 3.63) is 29.8 Å². The summed E-state index contributed by atoms with van der Waals surface area (Å²) in [5.41, 5.74) is 0.911. The van der Waals surface area contributed by atoms with Crippen molar-refractivity contribution in [3.63, 3.8) is 0 Å². The average Bonchev–Trinajstić information content (AvgIpc) is 2.48. The Kier molecular flexibility index (Phi) is 7.94. The highest BCUT2D eigenvalue weighted by Gasteiger charge is 2.04. The van der Waals surface area contributed by atoms with Gasteiger partial charge in [0, 0.05) is 19.9 Å². The number of hydrogen-bond acceptors (Lipinski definition) is 4. The van der Waals surface area contributed by atoms with Gasteiger partial charge in [-0.25, -0.2) is 0 Å². The molecule has 5 nitrogen and oxygen atoms in total. The van der Waals surface area contributed by atoms with Crippen molar-refractivity contribution in [2.75, 3.05) is 13.7 Å². The van der Waals surface area contributed by atoms with E-state index in [1.807, 2.05) is 24.3 Å². The van der Waals surface area contributed by atoms with Gasteiger partial charge in [0.25, 0.3) is 0 Å². The van der Waals surface area contributed by atoms with Crippen molar-refractivity contribution >= 4 is 11.9 Å². The second kappa shape index (κ2) is 9.80. The monoisotopic (exact) mass is 293 g/mol. The molecule has 1 aromatic carbocycles. The third-order valence-electron chi connectivity index (χ3n) is 2.97. The number of carbonyl (C=O) groups is 2. The molecule has 0 bridgehead atoms. The summed E-state index contributed by atoms with van der Waals surface area (Å²) in [5.74, 6) is 0.534. The van der Waals surface area contributed by atoms with E-state index in [0.717, 1.165) is 30.6 Å². The van der Waals surface area contributed by atoms with Gasteiger partial charge in [-0.05, 0) is 30.5 Å². The van der Waals surface area contributed by atoms with Crippen LogP contribution in [0.1, 0.15) is 38.2 Å². The lowest BCUT2D eigenvalue weighted by Crippen LogP contribution is -2.20. The molecule has 0 saturated heterocycles. The molecule has 0 aromatic heterocycles. The Bertz CT molecular complexity index is 459. The van der Waals surface area contributed by atoms with Crippen LogP contribution in [-0.4, -0.2) is 25.5 Å². The highest BCUT2D eigenvalue weighted by Crippen LogP contribution is 2.13. The third kappa shape index (κ3) is 7.97. The minimum absolute atomic E-state index is 0.0206. The molecule has 0 unspecified atom stereocenters. The fourth-order valence-electron chi connectivity index (χ4n) is 1.83. The molecule has 0 heterocycles. The molecular formula is C16H23NO4. The van der Waals surface area contributed by atoms with Gasteiger partial charge >= 0.3 is 5.97 Å². The lowest BCUT2D eigenvalue weighted by atomic mass is 10.2. The van der Waals surface area contributed by atoms with Crippen LogP contribution in [0.4, 0.5) is 0 Å². The molecule has 1 aromatic rings. The number of amides is 1. The molecule has 0 aliphatic rings. The van der Waals surface area contributed by atoms with Gasteiger partial charge in [0.05, 0.1) is 7.11 Å². The van der Waals surface area contributed by atoms with Crippen molar-refractivity contribution < 1.29 is 19.1 Å². The first-order valence-corrected chi connectivity index (χ1v) is 7.15. The quantitative estimate of drug-likeness (QED) is 0.561. The van der Waals surface area contributed by atoms with Crippen molar-refractivity contribution in [1.82, 2.24) is 5.32 Å². The maximum atomic E-state index is 11.6. The molecule has 0 spiro atoms. The first-order chi connectivity index (χ1) is 10.1. The Balaban J connectivity index is 2.12. The van der Waals surface area contributed by atoms with E-state index in [0.29, 0.717) is 13.0 Å². The number of ether oxygens (including phenoxy) is 2. The molecule has 0 aliphatic heterocycles. The summed E-state index contributed by atoms with van der Waals surface area (Å²) in [7, 11) is 1.60. The largest absolute Gasteiger partial charge is 0.497 e. The Labute approximate surface area is 125 Å². The lowest BCUT2D eigenvalue weighted by molar-refractivity contribution is -0.145. The van der Waals surface area contributed by atoms with E-state index in [-0.39, 0.29) is 18.5 Å². The molecular weight excluding hydrogens is 270 g/mol. The zero-order valence-corrected chi connectivity index (χ0v) is 12.7. The highest BCUT2D eigenvalue weighted by molar-refractivity contribution is 5.72. The lowest BCUT2D eigenvalue weighted by Gasteiger charge is -2.06. The number of rotatable bonds is 9. The van der Waals surface area contributed by atoms with Crippen molar-refractivity contribution in [3.8, 4) is 5.75 Å². The zero-order valence-electron chi connectivity index (χ0n) is 12.7. The SMILES string of the molecule is COc1cccc(COC(=O)CCCCCNC(C)=O)c1. The van der Waals surface area contributed by atoms with Crippen LogP contribution >= 0.6 is 0 Å². The summed E-state index contributed by atoms with van der Waals surface area (Å²) in [5, 5.41) is 2.72. The number of nitrogens with one attached hydrogen (secondary N) is 1. The molecule has 5 heteroatoms. The van der Waals surface area contributed by atoms with Gasteiger partial charge in [-0.15, -0.1) is 0 Å². The summed E-state index contributed by atoms with van der Waals surface area (Å²) >= 11 is 0. The molecule has 116 valence electrons. The van der Waals surface area contributed by atoms with Crippen LogP contribution in [0.3, 0.4) is 0 Å². The smallest absolute Gasteiger partial charge is 0.306 e. The van der Waals surface area contributed by atoms with Gasteiger partial charge in [-0.2, -0.15) is 0 Å². The van der Waals surface area contributed by atoms with Gasteiger partial charge in [0.2, 0.25) is 5.91 Å². The number of benzene rings is 1. The van der Waals surface area contributed by atoms with E-state index < -0.39 is 0 Å². The van der Waals surface area contributed by atoms with E-state index in [1.165, 1.54) is 6.92 Å². The Morgan fingerprint density at radius 3 is 2.71 bits per heavy atom. The molecule has 0 aliphatic carbocycles. The maximum absolute atomic E-state index is 11.6. The number of unbranched alkanes of at least 4 members (excludes halogenated alkanes) is 2. The van der Waals surface area contributed by atoms with Crippen LogP contribution in [0.15, 0.2) is 24.3 Å². The van der Waals surface area contributed by atoms with Gasteiger partial charge in [-0.3, -0.25) is 9.59 Å². The number of methoxy groups -OCH3 is 1. The minimum atomic E-state index is -0.197. The van der Waals surface area contributed by atoms with E-state index in [9.17, 15) is 9.59 Å². The van der Waals surface area contributed by atoms with Crippen molar-refractivity contribution in [2.45, 2.75) is 39.2 Å². The molecule has 1 rings (SSSR count). The molecule has 1 amide bonds. The van der Waals surface area contributed by atoms with E-state index in [1.54, 1.807) is 7.11 Å². The van der Waals surface area contributed by atoms with E-state index in [2.05, 4.69) is 5.32 Å². The Morgan fingerprint density at radius 2 is 2.00 bits per heavy atom. The summed E-state index contributed by atoms with van der Waals surface area (Å²) in [6, 6.07) is 7.45. The molecule has 0 saturated carbocycles. The van der Waals surface area contributed by atoms with Gasteiger partial charge < -0.3 is 14.8 Å². The standard InChI is InChI=1S/C16H23NO4/c1-13(18)17-10-5-3-4-9-16(19)21-12-14-7-6-8-15(11-14)20-2/h6-8,11H,3-5,9-10,12H2,1-2H3,(H,17,18). The highest BCUT2D eigenvalue weighted by atomic mass is 16.5. The molecule has 1 N–H and O–H groups in total. The van der Waals surface area contributed by atoms with Crippen molar-refractivity contribution in [2.24, 2.45) is 0 Å². The summed E-state index contributed by atoms with van der Waals surface area (Å²) in [6.07, 6.45) is 2.96. The summed E-state index contributed by atoms with van der Waals surface area (Å²) < 4.78 is 10.3. The van der Waals surface area contributed by atoms with Gasteiger partial charge in [-0.1, -0.05) is 18.6 Å². The normalized spacial score (nSPS) is 10.0. The number of hydrogen-bond donors (Lipinski definition) is 1. The Hall–Kier alpha value is -2.04. The predicted molar refractivity (Wildman–Crippen MR) is 79.9 cm³/mol. The van der Waals surface area contributed by atoms with Crippen LogP contribution in [0.5, 0.6) is 5.75 Å². The van der Waals surface area contributed by atoms with E-state index in [4.69, 9.17) is 9.47 Å². The van der Waals surface area contributed by atoms with Crippen LogP contribution in [0.25, 0.3) is 0 Å². The molecule has 0 fully saturated rings. The number of esters is 1. The molecule has 0 atom stereocenters. The Morgan fingerprint density at radius 1 is 1.19 bits per heavy atom. The number of carbonyl (C=O) groups excluding carboxylic acids is 2. The summed E-state index contributed by atoms with van der Waals surface area (Å²) in [6.45, 7) is 2.42. The van der Waals surface area contributed by atoms with Crippen LogP contribution in [0, 0.1) is 0 Å². The molecule has 0 radical (unpaired) electrons. The molecule has 21 heavy (non-hydrogen) atoms. The predicted octanol–water partition coefficient (Wildman–Crippen LogP) is 2.43. The van der Waals surface area contributed by atoms with Crippen molar-refractivity contribution in [1.29, 1.82) is 0 Å². The topological polar surface area (TPSA) is 64.6 Å². The van der Waals surface area contributed by atoms with Crippen LogP contribution < -0.4 is 10.1 Å². The fraction of sp³-hybridized carbons (Fsp3) is 0.500. The maximum Gasteiger partial charge on any atom is 0.306 e. The van der Waals surface area contributed by atoms with E-state index >= 15 is 0 Å². The third-order valence-corrected chi connectivity index (χ3v) is 2.97. The first kappa shape index (κ1) is 17.0. The second-order valence-corrected chi connectivity index (χ2v) is 4.81. The van der Waals surface area contributed by atoms with Gasteiger partial charge in [0.15, 0.2) is 0 Å². The minimum Gasteiger partial charge on any atom is -0.497 e. The van der Waals surface area contributed by atoms with Crippen LogP contribution in [0.2, 0.25) is 0 Å². The second-order valence-electron chi connectivity index (χ2n) is 4.81. The fourth-order valence-corrected chi connectivity index (χ4v) is 1.83. The first-order valence-electron chi connectivity index (χ1n) is 7.15.